The third-order valence-electron chi connectivity index (χ3n) is 2.92. The van der Waals surface area contributed by atoms with Crippen LogP contribution < -0.4 is 4.90 Å². The van der Waals surface area contributed by atoms with Crippen molar-refractivity contribution in [1.29, 1.82) is 0 Å². The van der Waals surface area contributed by atoms with Gasteiger partial charge in [-0.2, -0.15) is 0 Å². The van der Waals surface area contributed by atoms with Crippen molar-refractivity contribution in [2.45, 2.75) is 6.54 Å². The summed E-state index contributed by atoms with van der Waals surface area (Å²) in [5.74, 6) is 0. The van der Waals surface area contributed by atoms with Crippen LogP contribution in [0.25, 0.3) is 6.08 Å². The summed E-state index contributed by atoms with van der Waals surface area (Å²) in [6.45, 7) is 0.955. The maximum absolute atomic E-state index is 2.27. The second kappa shape index (κ2) is 5.31. The molecule has 1 heterocycles. The minimum absolute atomic E-state index is 0. The zero-order chi connectivity index (χ0) is 10.8. The van der Waals surface area contributed by atoms with Crippen molar-refractivity contribution in [3.63, 3.8) is 0 Å². The number of nitrogens with zero attached hydrogens (tertiary/aromatic N) is 1. The summed E-state index contributed by atoms with van der Waals surface area (Å²) >= 11 is 0. The second-order valence-corrected chi connectivity index (χ2v) is 3.98. The molecule has 2 aromatic carbocycles. The van der Waals surface area contributed by atoms with Crippen LogP contribution in [0.2, 0.25) is 0 Å². The molecule has 87 valence electrons. The van der Waals surface area contributed by atoms with Gasteiger partial charge in [0.1, 0.15) is 0 Å². The maximum atomic E-state index is 2.27. The normalized spacial score (nSPS) is 12.8. The molecule has 0 fully saturated rings. The molecule has 0 aliphatic carbocycles. The van der Waals surface area contributed by atoms with Crippen molar-refractivity contribution in [2.75, 3.05) is 4.90 Å². The Kier molecular flexibility index (Phi) is 3.78. The molecule has 0 atom stereocenters. The van der Waals surface area contributed by atoms with Crippen LogP contribution in [0.5, 0.6) is 0 Å². The largest absolute Gasteiger partial charge is 0.344 e. The van der Waals surface area contributed by atoms with Gasteiger partial charge in [0.15, 0.2) is 0 Å². The SMILES string of the molecule is C1=CN(c2ccccc2)Cc2ccccc21.[Ir]. The maximum Gasteiger partial charge on any atom is 0.0481 e. The van der Waals surface area contributed by atoms with Gasteiger partial charge in [-0.15, -0.1) is 0 Å². The van der Waals surface area contributed by atoms with Crippen LogP contribution in [0, 0.1) is 0 Å². The molecule has 17 heavy (non-hydrogen) atoms. The molecule has 0 amide bonds. The number of anilines is 1. The van der Waals surface area contributed by atoms with Crippen molar-refractivity contribution in [1.82, 2.24) is 0 Å². The van der Waals surface area contributed by atoms with Gasteiger partial charge in [0.25, 0.3) is 0 Å². The second-order valence-electron chi connectivity index (χ2n) is 3.98. The van der Waals surface area contributed by atoms with Crippen LogP contribution in [0.3, 0.4) is 0 Å². The first-order chi connectivity index (χ1) is 7.93. The summed E-state index contributed by atoms with van der Waals surface area (Å²) in [6.07, 6.45) is 4.32. The topological polar surface area (TPSA) is 3.24 Å². The monoisotopic (exact) mass is 400 g/mol. The van der Waals surface area contributed by atoms with Crippen molar-refractivity contribution in [3.05, 3.63) is 71.9 Å². The Morgan fingerprint density at radius 1 is 0.824 bits per heavy atom. The van der Waals surface area contributed by atoms with E-state index >= 15 is 0 Å². The van der Waals surface area contributed by atoms with E-state index in [1.807, 2.05) is 6.07 Å². The summed E-state index contributed by atoms with van der Waals surface area (Å²) in [5, 5.41) is 0. The van der Waals surface area contributed by atoms with Crippen LogP contribution >= 0.6 is 0 Å². The van der Waals surface area contributed by atoms with E-state index in [1.165, 1.54) is 16.8 Å². The fraction of sp³-hybridized carbons (Fsp3) is 0.0667. The molecule has 0 saturated heterocycles. The quantitative estimate of drug-likeness (QED) is 0.707. The van der Waals surface area contributed by atoms with Crippen molar-refractivity contribution < 1.29 is 20.1 Å². The van der Waals surface area contributed by atoms with Gasteiger partial charge < -0.3 is 4.90 Å². The van der Waals surface area contributed by atoms with E-state index in [0.29, 0.717) is 0 Å². The standard InChI is InChI=1S/C15H13N.Ir/c1-2-8-15(9-3-1)16-11-10-13-6-4-5-7-14(13)12-16;/h1-11H,12H2;. The number of para-hydroxylation sites is 1. The zero-order valence-electron chi connectivity index (χ0n) is 9.34. The van der Waals surface area contributed by atoms with Gasteiger partial charge >= 0.3 is 0 Å². The van der Waals surface area contributed by atoms with Crippen molar-refractivity contribution in [3.8, 4) is 0 Å². The predicted octanol–water partition coefficient (Wildman–Crippen LogP) is 3.68. The minimum atomic E-state index is 0. The molecule has 2 heteroatoms. The first kappa shape index (κ1) is 12.1. The molecular weight excluding hydrogens is 386 g/mol. The average Bonchev–Trinajstić information content (AvgIpc) is 2.39. The molecule has 0 aromatic heterocycles. The van der Waals surface area contributed by atoms with Gasteiger partial charge in [-0.1, -0.05) is 42.5 Å². The molecule has 0 saturated carbocycles. The summed E-state index contributed by atoms with van der Waals surface area (Å²) in [7, 11) is 0. The van der Waals surface area contributed by atoms with E-state index < -0.39 is 0 Å². The van der Waals surface area contributed by atoms with Crippen LogP contribution in [-0.2, 0) is 26.7 Å². The first-order valence-corrected chi connectivity index (χ1v) is 5.51. The van der Waals surface area contributed by atoms with E-state index in [1.54, 1.807) is 0 Å². The number of hydrogen-bond acceptors (Lipinski definition) is 1. The third-order valence-corrected chi connectivity index (χ3v) is 2.92. The third kappa shape index (κ3) is 2.49. The Bertz CT molecular complexity index is 519. The van der Waals surface area contributed by atoms with E-state index in [9.17, 15) is 0 Å². The molecule has 2 aromatic rings. The van der Waals surface area contributed by atoms with E-state index in [-0.39, 0.29) is 20.1 Å². The van der Waals surface area contributed by atoms with Crippen molar-refractivity contribution in [2.24, 2.45) is 0 Å². The molecule has 1 aliphatic rings. The van der Waals surface area contributed by atoms with Crippen molar-refractivity contribution >= 4 is 11.8 Å². The molecule has 3 rings (SSSR count). The number of hydrogen-bond donors (Lipinski definition) is 0. The minimum Gasteiger partial charge on any atom is -0.344 e. The van der Waals surface area contributed by atoms with Crippen LogP contribution in [-0.4, -0.2) is 0 Å². The number of benzene rings is 2. The van der Waals surface area contributed by atoms with Gasteiger partial charge in [-0.25, -0.2) is 0 Å². The molecule has 0 N–H and O–H groups in total. The summed E-state index contributed by atoms with van der Waals surface area (Å²) < 4.78 is 0. The van der Waals surface area contributed by atoms with Crippen LogP contribution in [0.4, 0.5) is 5.69 Å². The Hall–Kier alpha value is -1.37. The van der Waals surface area contributed by atoms with Gasteiger partial charge in [-0.3, -0.25) is 0 Å². The summed E-state index contributed by atoms with van der Waals surface area (Å²) in [4.78, 5) is 2.27. The number of fused-ring (bicyclic) bond motifs is 1. The van der Waals surface area contributed by atoms with E-state index in [2.05, 4.69) is 65.7 Å². The van der Waals surface area contributed by atoms with E-state index in [4.69, 9.17) is 0 Å². The fourth-order valence-corrected chi connectivity index (χ4v) is 2.04. The van der Waals surface area contributed by atoms with Crippen LogP contribution in [0.1, 0.15) is 11.1 Å². The molecular formula is C15H13IrN. The predicted molar refractivity (Wildman–Crippen MR) is 68.1 cm³/mol. The molecule has 0 unspecified atom stereocenters. The van der Waals surface area contributed by atoms with Crippen LogP contribution in [0.15, 0.2) is 60.8 Å². The summed E-state index contributed by atoms with van der Waals surface area (Å²) in [5.41, 5.74) is 3.96. The van der Waals surface area contributed by atoms with Gasteiger partial charge in [0.05, 0.1) is 0 Å². The molecule has 1 nitrogen and oxygen atoms in total. The van der Waals surface area contributed by atoms with Gasteiger partial charge in [0, 0.05) is 38.5 Å². The zero-order valence-corrected chi connectivity index (χ0v) is 11.7. The smallest absolute Gasteiger partial charge is 0.0481 e. The Morgan fingerprint density at radius 2 is 1.53 bits per heavy atom. The Labute approximate surface area is 115 Å². The summed E-state index contributed by atoms with van der Waals surface area (Å²) in [6, 6.07) is 19.0. The molecule has 0 bridgehead atoms. The Balaban J connectivity index is 0.00000108. The number of rotatable bonds is 1. The molecule has 0 spiro atoms. The first-order valence-electron chi connectivity index (χ1n) is 5.51. The van der Waals surface area contributed by atoms with Gasteiger partial charge in [-0.05, 0) is 29.3 Å². The van der Waals surface area contributed by atoms with E-state index in [0.717, 1.165) is 6.54 Å². The average molecular weight is 399 g/mol. The van der Waals surface area contributed by atoms with Gasteiger partial charge in [0.2, 0.25) is 0 Å². The Morgan fingerprint density at radius 3 is 2.35 bits per heavy atom. The fourth-order valence-electron chi connectivity index (χ4n) is 2.04. The molecule has 1 radical (unpaired) electrons. The molecule has 1 aliphatic heterocycles.